The predicted octanol–water partition coefficient (Wildman–Crippen LogP) is 3.45. The highest BCUT2D eigenvalue weighted by molar-refractivity contribution is 5.79. The fraction of sp³-hybridized carbons (Fsp3) is 0.533. The van der Waals surface area contributed by atoms with E-state index >= 15 is 0 Å². The lowest BCUT2D eigenvalue weighted by atomic mass is 10.1. The fourth-order valence-electron chi connectivity index (χ4n) is 1.86. The number of hydrogen-bond donors (Lipinski definition) is 1. The standard InChI is InChI=1S/C15H23NO2/c1-5-7-13(15(17)18-6-2)16-14-10-11(3)8-9-12(14)4/h8-10,13,16H,5-7H2,1-4H3. The Morgan fingerprint density at radius 1 is 1.33 bits per heavy atom. The smallest absolute Gasteiger partial charge is 0.328 e. The second kappa shape index (κ2) is 7.04. The van der Waals surface area contributed by atoms with Gasteiger partial charge in [-0.25, -0.2) is 4.79 Å². The van der Waals surface area contributed by atoms with E-state index in [0.717, 1.165) is 24.1 Å². The third kappa shape index (κ3) is 4.06. The number of anilines is 1. The van der Waals surface area contributed by atoms with Crippen molar-refractivity contribution in [3.8, 4) is 0 Å². The Labute approximate surface area is 110 Å². The molecule has 1 aromatic rings. The van der Waals surface area contributed by atoms with E-state index in [1.54, 1.807) is 0 Å². The normalized spacial score (nSPS) is 12.0. The average molecular weight is 249 g/mol. The van der Waals surface area contributed by atoms with Crippen LogP contribution in [0.5, 0.6) is 0 Å². The van der Waals surface area contributed by atoms with Crippen LogP contribution in [0.3, 0.4) is 0 Å². The third-order valence-corrected chi connectivity index (χ3v) is 2.87. The number of aryl methyl sites for hydroxylation is 2. The van der Waals surface area contributed by atoms with E-state index in [-0.39, 0.29) is 12.0 Å². The second-order valence-corrected chi connectivity index (χ2v) is 4.56. The number of rotatable bonds is 6. The van der Waals surface area contributed by atoms with Gasteiger partial charge in [0.25, 0.3) is 0 Å². The lowest BCUT2D eigenvalue weighted by Gasteiger charge is -2.19. The van der Waals surface area contributed by atoms with Gasteiger partial charge in [0.1, 0.15) is 6.04 Å². The van der Waals surface area contributed by atoms with Gasteiger partial charge >= 0.3 is 5.97 Å². The van der Waals surface area contributed by atoms with Crippen LogP contribution < -0.4 is 5.32 Å². The van der Waals surface area contributed by atoms with E-state index < -0.39 is 0 Å². The van der Waals surface area contributed by atoms with E-state index in [0.29, 0.717) is 6.61 Å². The van der Waals surface area contributed by atoms with Gasteiger partial charge in [-0.2, -0.15) is 0 Å². The zero-order valence-corrected chi connectivity index (χ0v) is 11.7. The Morgan fingerprint density at radius 3 is 2.67 bits per heavy atom. The second-order valence-electron chi connectivity index (χ2n) is 4.56. The molecule has 0 aliphatic rings. The summed E-state index contributed by atoms with van der Waals surface area (Å²) in [6, 6.07) is 5.94. The maximum absolute atomic E-state index is 11.8. The van der Waals surface area contributed by atoms with Gasteiger partial charge < -0.3 is 10.1 Å². The van der Waals surface area contributed by atoms with Crippen molar-refractivity contribution in [3.05, 3.63) is 29.3 Å². The highest BCUT2D eigenvalue weighted by Crippen LogP contribution is 2.19. The summed E-state index contributed by atoms with van der Waals surface area (Å²) in [4.78, 5) is 11.8. The van der Waals surface area contributed by atoms with Gasteiger partial charge in [0.2, 0.25) is 0 Å². The number of benzene rings is 1. The number of esters is 1. The molecule has 1 atom stereocenters. The van der Waals surface area contributed by atoms with Crippen LogP contribution in [-0.2, 0) is 9.53 Å². The van der Waals surface area contributed by atoms with E-state index in [9.17, 15) is 4.79 Å². The van der Waals surface area contributed by atoms with Gasteiger partial charge in [0.15, 0.2) is 0 Å². The van der Waals surface area contributed by atoms with Gasteiger partial charge in [-0.3, -0.25) is 0 Å². The number of hydrogen-bond acceptors (Lipinski definition) is 3. The van der Waals surface area contributed by atoms with Crippen molar-refractivity contribution < 1.29 is 9.53 Å². The van der Waals surface area contributed by atoms with Crippen LogP contribution >= 0.6 is 0 Å². The number of carbonyl (C=O) groups excluding carboxylic acids is 1. The van der Waals surface area contributed by atoms with Crippen LogP contribution in [0.4, 0.5) is 5.69 Å². The number of carbonyl (C=O) groups is 1. The molecule has 100 valence electrons. The molecule has 0 fully saturated rings. The lowest BCUT2D eigenvalue weighted by molar-refractivity contribution is -0.144. The van der Waals surface area contributed by atoms with Crippen molar-refractivity contribution >= 4 is 11.7 Å². The molecule has 1 N–H and O–H groups in total. The molecule has 0 radical (unpaired) electrons. The molecule has 1 aromatic carbocycles. The van der Waals surface area contributed by atoms with Gasteiger partial charge in [-0.1, -0.05) is 25.5 Å². The largest absolute Gasteiger partial charge is 0.464 e. The summed E-state index contributed by atoms with van der Waals surface area (Å²) in [5.41, 5.74) is 3.34. The summed E-state index contributed by atoms with van der Waals surface area (Å²) < 4.78 is 5.10. The minimum Gasteiger partial charge on any atom is -0.464 e. The summed E-state index contributed by atoms with van der Waals surface area (Å²) in [5.74, 6) is -0.166. The number of ether oxygens (including phenoxy) is 1. The van der Waals surface area contributed by atoms with Crippen LogP contribution in [0.25, 0.3) is 0 Å². The molecule has 0 saturated heterocycles. The highest BCUT2D eigenvalue weighted by atomic mass is 16.5. The molecule has 0 saturated carbocycles. The molecule has 0 aromatic heterocycles. The van der Waals surface area contributed by atoms with E-state index in [1.807, 2.05) is 20.8 Å². The predicted molar refractivity (Wildman–Crippen MR) is 74.9 cm³/mol. The first-order valence-corrected chi connectivity index (χ1v) is 6.58. The molecule has 3 nitrogen and oxygen atoms in total. The summed E-state index contributed by atoms with van der Waals surface area (Å²) in [5, 5.41) is 3.30. The molecule has 0 spiro atoms. The lowest BCUT2D eigenvalue weighted by Crippen LogP contribution is -2.31. The maximum Gasteiger partial charge on any atom is 0.328 e. The summed E-state index contributed by atoms with van der Waals surface area (Å²) in [6.45, 7) is 8.41. The van der Waals surface area contributed by atoms with Gasteiger partial charge in [0, 0.05) is 5.69 Å². The van der Waals surface area contributed by atoms with Crippen LogP contribution in [0, 0.1) is 13.8 Å². The Morgan fingerprint density at radius 2 is 2.06 bits per heavy atom. The average Bonchev–Trinajstić information content (AvgIpc) is 2.33. The monoisotopic (exact) mass is 249 g/mol. The Balaban J connectivity index is 2.82. The first kappa shape index (κ1) is 14.6. The molecule has 3 heteroatoms. The molecule has 0 bridgehead atoms. The zero-order valence-electron chi connectivity index (χ0n) is 11.7. The van der Waals surface area contributed by atoms with Gasteiger partial charge in [-0.15, -0.1) is 0 Å². The van der Waals surface area contributed by atoms with Gasteiger partial charge in [-0.05, 0) is 44.4 Å². The molecule has 0 aliphatic carbocycles. The third-order valence-electron chi connectivity index (χ3n) is 2.87. The van der Waals surface area contributed by atoms with Crippen LogP contribution in [0.15, 0.2) is 18.2 Å². The van der Waals surface area contributed by atoms with Crippen LogP contribution in [-0.4, -0.2) is 18.6 Å². The van der Waals surface area contributed by atoms with Crippen molar-refractivity contribution in [2.75, 3.05) is 11.9 Å². The number of nitrogens with one attached hydrogen (secondary N) is 1. The molecule has 1 unspecified atom stereocenters. The van der Waals surface area contributed by atoms with Crippen molar-refractivity contribution in [1.82, 2.24) is 0 Å². The first-order chi connectivity index (χ1) is 8.58. The summed E-state index contributed by atoms with van der Waals surface area (Å²) >= 11 is 0. The van der Waals surface area contributed by atoms with Gasteiger partial charge in [0.05, 0.1) is 6.61 Å². The SMILES string of the molecule is CCCC(Nc1cc(C)ccc1C)C(=O)OCC. The zero-order chi connectivity index (χ0) is 13.5. The molecular formula is C15H23NO2. The minimum atomic E-state index is -0.254. The summed E-state index contributed by atoms with van der Waals surface area (Å²) in [6.07, 6.45) is 1.73. The van der Waals surface area contributed by atoms with Crippen LogP contribution in [0.1, 0.15) is 37.8 Å². The first-order valence-electron chi connectivity index (χ1n) is 6.58. The van der Waals surface area contributed by atoms with Crippen molar-refractivity contribution in [2.45, 2.75) is 46.6 Å². The molecule has 1 rings (SSSR count). The Bertz CT molecular complexity index is 401. The highest BCUT2D eigenvalue weighted by Gasteiger charge is 2.19. The molecular weight excluding hydrogens is 226 g/mol. The Kier molecular flexibility index (Phi) is 5.69. The summed E-state index contributed by atoms with van der Waals surface area (Å²) in [7, 11) is 0. The van der Waals surface area contributed by atoms with E-state index in [2.05, 4.69) is 30.4 Å². The maximum atomic E-state index is 11.8. The van der Waals surface area contributed by atoms with Crippen molar-refractivity contribution in [2.24, 2.45) is 0 Å². The van der Waals surface area contributed by atoms with Crippen molar-refractivity contribution in [3.63, 3.8) is 0 Å². The quantitative estimate of drug-likeness (QED) is 0.785. The topological polar surface area (TPSA) is 38.3 Å². The molecule has 0 amide bonds. The minimum absolute atomic E-state index is 0.166. The van der Waals surface area contributed by atoms with E-state index in [1.165, 1.54) is 5.56 Å². The van der Waals surface area contributed by atoms with Crippen molar-refractivity contribution in [1.29, 1.82) is 0 Å². The fourth-order valence-corrected chi connectivity index (χ4v) is 1.86. The molecule has 0 aliphatic heterocycles. The molecule has 18 heavy (non-hydrogen) atoms. The van der Waals surface area contributed by atoms with Crippen LogP contribution in [0.2, 0.25) is 0 Å². The van der Waals surface area contributed by atoms with E-state index in [4.69, 9.17) is 4.74 Å². The molecule has 0 heterocycles. The Hall–Kier alpha value is -1.51.